The van der Waals surface area contributed by atoms with Crippen molar-refractivity contribution in [2.75, 3.05) is 0 Å². The van der Waals surface area contributed by atoms with Crippen molar-refractivity contribution >= 4 is 29.1 Å². The molecule has 1 atom stereocenters. The Kier molecular flexibility index (Phi) is 5.10. The monoisotopic (exact) mass is 259 g/mol. The van der Waals surface area contributed by atoms with Crippen LogP contribution in [0.1, 0.15) is 38.3 Å². The maximum atomic E-state index is 11.4. The first-order chi connectivity index (χ1) is 7.54. The van der Waals surface area contributed by atoms with Gasteiger partial charge in [0.05, 0.1) is 16.1 Å². The van der Waals surface area contributed by atoms with Crippen LogP contribution >= 0.6 is 23.2 Å². The summed E-state index contributed by atoms with van der Waals surface area (Å²) in [6, 6.07) is 5.34. The molecule has 0 spiro atoms. The second kappa shape index (κ2) is 6.12. The molecule has 1 amide bonds. The smallest absolute Gasteiger partial charge is 0.220 e. The van der Waals surface area contributed by atoms with E-state index in [1.807, 2.05) is 19.9 Å². The maximum Gasteiger partial charge on any atom is 0.220 e. The normalized spacial score (nSPS) is 12.2. The Labute approximate surface area is 106 Å². The fourth-order valence-corrected chi connectivity index (χ4v) is 1.71. The second-order valence-electron chi connectivity index (χ2n) is 3.71. The molecule has 2 nitrogen and oxygen atoms in total. The van der Waals surface area contributed by atoms with E-state index >= 15 is 0 Å². The van der Waals surface area contributed by atoms with E-state index in [-0.39, 0.29) is 11.9 Å². The summed E-state index contributed by atoms with van der Waals surface area (Å²) in [5.74, 6) is 0.0565. The number of nitrogens with one attached hydrogen (secondary N) is 1. The largest absolute Gasteiger partial charge is 0.350 e. The molecule has 16 heavy (non-hydrogen) atoms. The number of rotatable bonds is 4. The molecule has 1 unspecified atom stereocenters. The molecule has 1 aromatic rings. The molecular formula is C12H15Cl2NO. The van der Waals surface area contributed by atoms with Gasteiger partial charge in [-0.2, -0.15) is 0 Å². The molecule has 0 aliphatic heterocycles. The molecule has 0 aliphatic carbocycles. The molecule has 4 heteroatoms. The van der Waals surface area contributed by atoms with Crippen LogP contribution in [0.3, 0.4) is 0 Å². The van der Waals surface area contributed by atoms with Gasteiger partial charge in [-0.15, -0.1) is 0 Å². The maximum absolute atomic E-state index is 11.4. The topological polar surface area (TPSA) is 29.1 Å². The van der Waals surface area contributed by atoms with Crippen molar-refractivity contribution < 1.29 is 4.79 Å². The van der Waals surface area contributed by atoms with Crippen molar-refractivity contribution in [3.05, 3.63) is 33.8 Å². The predicted molar refractivity (Wildman–Crippen MR) is 67.9 cm³/mol. The van der Waals surface area contributed by atoms with Gasteiger partial charge in [-0.1, -0.05) is 36.2 Å². The van der Waals surface area contributed by atoms with Gasteiger partial charge in [0.25, 0.3) is 0 Å². The molecule has 0 radical (unpaired) electrons. The van der Waals surface area contributed by atoms with E-state index in [9.17, 15) is 4.79 Å². The van der Waals surface area contributed by atoms with Gasteiger partial charge in [0, 0.05) is 6.42 Å². The lowest BCUT2D eigenvalue weighted by molar-refractivity contribution is -0.121. The molecule has 1 rings (SSSR count). The van der Waals surface area contributed by atoms with Crippen LogP contribution in [0.25, 0.3) is 0 Å². The van der Waals surface area contributed by atoms with Gasteiger partial charge in [-0.3, -0.25) is 4.79 Å². The standard InChI is InChI=1S/C12H15Cl2NO/c1-3-4-12(16)15-8(2)9-5-6-10(13)11(14)7-9/h5-8H,3-4H2,1-2H3,(H,15,16). The zero-order chi connectivity index (χ0) is 12.1. The highest BCUT2D eigenvalue weighted by Crippen LogP contribution is 2.25. The van der Waals surface area contributed by atoms with Crippen molar-refractivity contribution in [3.8, 4) is 0 Å². The lowest BCUT2D eigenvalue weighted by atomic mass is 10.1. The molecule has 0 saturated carbocycles. The number of amides is 1. The highest BCUT2D eigenvalue weighted by Gasteiger charge is 2.10. The Balaban J connectivity index is 2.69. The molecule has 0 fully saturated rings. The van der Waals surface area contributed by atoms with Gasteiger partial charge < -0.3 is 5.32 Å². The zero-order valence-electron chi connectivity index (χ0n) is 9.39. The Morgan fingerprint density at radius 1 is 1.38 bits per heavy atom. The van der Waals surface area contributed by atoms with Crippen LogP contribution in [0, 0.1) is 0 Å². The fraction of sp³-hybridized carbons (Fsp3) is 0.417. The molecule has 0 heterocycles. The Bertz CT molecular complexity index is 379. The number of halogens is 2. The fourth-order valence-electron chi connectivity index (χ4n) is 1.41. The number of carbonyl (C=O) groups excluding carboxylic acids is 1. The minimum atomic E-state index is -0.0474. The van der Waals surface area contributed by atoms with Crippen LogP contribution in [0.15, 0.2) is 18.2 Å². The number of benzene rings is 1. The molecule has 0 aromatic heterocycles. The lowest BCUT2D eigenvalue weighted by Gasteiger charge is -2.14. The highest BCUT2D eigenvalue weighted by atomic mass is 35.5. The number of hydrogen-bond acceptors (Lipinski definition) is 1. The van der Waals surface area contributed by atoms with Crippen LogP contribution in [-0.4, -0.2) is 5.91 Å². The van der Waals surface area contributed by atoms with Crippen LogP contribution in [0.4, 0.5) is 0 Å². The van der Waals surface area contributed by atoms with Crippen molar-refractivity contribution in [1.82, 2.24) is 5.32 Å². The minimum Gasteiger partial charge on any atom is -0.350 e. The van der Waals surface area contributed by atoms with E-state index in [1.165, 1.54) is 0 Å². The molecular weight excluding hydrogens is 245 g/mol. The van der Waals surface area contributed by atoms with E-state index < -0.39 is 0 Å². The molecule has 1 aromatic carbocycles. The number of hydrogen-bond donors (Lipinski definition) is 1. The Hall–Kier alpha value is -0.730. The number of carbonyl (C=O) groups is 1. The Morgan fingerprint density at radius 3 is 2.62 bits per heavy atom. The van der Waals surface area contributed by atoms with Gasteiger partial charge in [0.15, 0.2) is 0 Å². The van der Waals surface area contributed by atoms with Crippen molar-refractivity contribution in [3.63, 3.8) is 0 Å². The van der Waals surface area contributed by atoms with E-state index in [4.69, 9.17) is 23.2 Å². The second-order valence-corrected chi connectivity index (χ2v) is 4.53. The van der Waals surface area contributed by atoms with Crippen LogP contribution in [0.2, 0.25) is 10.0 Å². The van der Waals surface area contributed by atoms with Crippen molar-refractivity contribution in [1.29, 1.82) is 0 Å². The molecule has 0 saturated heterocycles. The first kappa shape index (κ1) is 13.3. The summed E-state index contributed by atoms with van der Waals surface area (Å²) in [5.41, 5.74) is 0.957. The molecule has 88 valence electrons. The summed E-state index contributed by atoms with van der Waals surface area (Å²) in [6.45, 7) is 3.90. The van der Waals surface area contributed by atoms with E-state index in [2.05, 4.69) is 5.32 Å². The zero-order valence-corrected chi connectivity index (χ0v) is 10.9. The van der Waals surface area contributed by atoms with E-state index in [1.54, 1.807) is 12.1 Å². The average Bonchev–Trinajstić information content (AvgIpc) is 2.22. The summed E-state index contributed by atoms with van der Waals surface area (Å²) >= 11 is 11.7. The lowest BCUT2D eigenvalue weighted by Crippen LogP contribution is -2.26. The quantitative estimate of drug-likeness (QED) is 0.871. The first-order valence-corrected chi connectivity index (χ1v) is 6.04. The molecule has 1 N–H and O–H groups in total. The van der Waals surface area contributed by atoms with Gasteiger partial charge in [0.1, 0.15) is 0 Å². The third-order valence-electron chi connectivity index (χ3n) is 2.30. The Morgan fingerprint density at radius 2 is 2.06 bits per heavy atom. The molecule has 0 bridgehead atoms. The van der Waals surface area contributed by atoms with Crippen LogP contribution in [-0.2, 0) is 4.79 Å². The van der Waals surface area contributed by atoms with Crippen molar-refractivity contribution in [2.45, 2.75) is 32.7 Å². The van der Waals surface area contributed by atoms with Gasteiger partial charge in [-0.25, -0.2) is 0 Å². The van der Waals surface area contributed by atoms with Gasteiger partial charge >= 0.3 is 0 Å². The summed E-state index contributed by atoms with van der Waals surface area (Å²) in [7, 11) is 0. The summed E-state index contributed by atoms with van der Waals surface area (Å²) in [4.78, 5) is 11.4. The average molecular weight is 260 g/mol. The van der Waals surface area contributed by atoms with Crippen LogP contribution < -0.4 is 5.32 Å². The summed E-state index contributed by atoms with van der Waals surface area (Å²) in [5, 5.41) is 3.94. The van der Waals surface area contributed by atoms with E-state index in [0.29, 0.717) is 16.5 Å². The summed E-state index contributed by atoms with van der Waals surface area (Å²) in [6.07, 6.45) is 1.39. The van der Waals surface area contributed by atoms with Gasteiger partial charge in [0.2, 0.25) is 5.91 Å². The highest BCUT2D eigenvalue weighted by molar-refractivity contribution is 6.42. The minimum absolute atomic E-state index is 0.0474. The summed E-state index contributed by atoms with van der Waals surface area (Å²) < 4.78 is 0. The first-order valence-electron chi connectivity index (χ1n) is 5.29. The third kappa shape index (κ3) is 3.69. The predicted octanol–water partition coefficient (Wildman–Crippen LogP) is 3.97. The van der Waals surface area contributed by atoms with Crippen LogP contribution in [0.5, 0.6) is 0 Å². The van der Waals surface area contributed by atoms with Gasteiger partial charge in [-0.05, 0) is 31.0 Å². The van der Waals surface area contributed by atoms with Crippen molar-refractivity contribution in [2.24, 2.45) is 0 Å². The van der Waals surface area contributed by atoms with E-state index in [0.717, 1.165) is 12.0 Å². The SMILES string of the molecule is CCCC(=O)NC(C)c1ccc(Cl)c(Cl)c1. The molecule has 0 aliphatic rings. The third-order valence-corrected chi connectivity index (χ3v) is 3.04.